The highest BCUT2D eigenvalue weighted by atomic mass is 79.9. The van der Waals surface area contributed by atoms with Gasteiger partial charge in [0.2, 0.25) is 5.91 Å². The summed E-state index contributed by atoms with van der Waals surface area (Å²) in [6.45, 7) is 0.955. The molecule has 1 aromatic carbocycles. The van der Waals surface area contributed by atoms with Crippen molar-refractivity contribution in [2.45, 2.75) is 6.54 Å². The van der Waals surface area contributed by atoms with E-state index in [0.717, 1.165) is 21.6 Å². The Kier molecular flexibility index (Phi) is 3.06. The number of carbonyl (C=O) groups is 1. The first-order valence-electron chi connectivity index (χ1n) is 5.98. The quantitative estimate of drug-likeness (QED) is 0.853. The molecule has 1 aromatic heterocycles. The molecule has 0 bridgehead atoms. The van der Waals surface area contributed by atoms with Crippen molar-refractivity contribution in [3.8, 4) is 0 Å². The number of furan rings is 1. The summed E-state index contributed by atoms with van der Waals surface area (Å²) in [6.07, 6.45) is 1.65. The summed E-state index contributed by atoms with van der Waals surface area (Å²) < 4.78 is 6.36. The summed E-state index contributed by atoms with van der Waals surface area (Å²) in [5.41, 5.74) is 1.96. The van der Waals surface area contributed by atoms with Gasteiger partial charge in [0.25, 0.3) is 0 Å². The molecule has 0 N–H and O–H groups in total. The maximum Gasteiger partial charge on any atom is 0.246 e. The number of amides is 1. The van der Waals surface area contributed by atoms with Crippen molar-refractivity contribution in [1.82, 2.24) is 0 Å². The smallest absolute Gasteiger partial charge is 0.246 e. The average Bonchev–Trinajstić information content (AvgIpc) is 2.88. The number of carbonyl (C=O) groups excluding carboxylic acids is 1. The van der Waals surface area contributed by atoms with Crippen LogP contribution in [0.1, 0.15) is 5.76 Å². The Morgan fingerprint density at radius 2 is 2.16 bits per heavy atom. The molecule has 0 saturated carbocycles. The van der Waals surface area contributed by atoms with Gasteiger partial charge in [0.15, 0.2) is 0 Å². The van der Waals surface area contributed by atoms with Gasteiger partial charge in [0.05, 0.1) is 30.7 Å². The third-order valence-corrected chi connectivity index (χ3v) is 3.76. The fourth-order valence-electron chi connectivity index (χ4n) is 2.25. The first kappa shape index (κ1) is 12.3. The Balaban J connectivity index is 2.00. The number of anilines is 2. The van der Waals surface area contributed by atoms with Crippen LogP contribution in [0, 0.1) is 0 Å². The lowest BCUT2D eigenvalue weighted by molar-refractivity contribution is -0.117. The molecule has 0 saturated heterocycles. The van der Waals surface area contributed by atoms with Crippen LogP contribution in [0.3, 0.4) is 0 Å². The number of nitrogens with zero attached hydrogens (tertiary/aromatic N) is 2. The predicted molar refractivity (Wildman–Crippen MR) is 77.3 cm³/mol. The molecule has 2 heterocycles. The Hall–Kier alpha value is -1.75. The number of halogens is 1. The van der Waals surface area contributed by atoms with Crippen LogP contribution >= 0.6 is 15.9 Å². The largest absolute Gasteiger partial charge is 0.467 e. The molecule has 1 aliphatic rings. The van der Waals surface area contributed by atoms with E-state index in [1.807, 2.05) is 35.2 Å². The van der Waals surface area contributed by atoms with Crippen LogP contribution in [0.15, 0.2) is 45.5 Å². The fraction of sp³-hybridized carbons (Fsp3) is 0.214. The van der Waals surface area contributed by atoms with Gasteiger partial charge in [0, 0.05) is 11.5 Å². The zero-order chi connectivity index (χ0) is 13.4. The van der Waals surface area contributed by atoms with Gasteiger partial charge in [-0.05, 0) is 30.3 Å². The van der Waals surface area contributed by atoms with Crippen molar-refractivity contribution in [3.05, 3.63) is 46.8 Å². The molecule has 0 spiro atoms. The molecule has 5 heteroatoms. The Morgan fingerprint density at radius 3 is 2.89 bits per heavy atom. The number of benzene rings is 1. The molecule has 4 nitrogen and oxygen atoms in total. The maximum atomic E-state index is 12.0. The highest BCUT2D eigenvalue weighted by molar-refractivity contribution is 9.10. The molecule has 0 atom stereocenters. The first-order valence-corrected chi connectivity index (χ1v) is 6.78. The summed E-state index contributed by atoms with van der Waals surface area (Å²) in [5.74, 6) is 0.935. The van der Waals surface area contributed by atoms with Crippen LogP contribution in [-0.4, -0.2) is 19.5 Å². The van der Waals surface area contributed by atoms with Crippen LogP contribution in [0.4, 0.5) is 11.4 Å². The molecular weight excluding hydrogens is 308 g/mol. The maximum absolute atomic E-state index is 12.0. The first-order chi connectivity index (χ1) is 9.15. The average molecular weight is 321 g/mol. The van der Waals surface area contributed by atoms with Crippen molar-refractivity contribution in [3.63, 3.8) is 0 Å². The second-order valence-electron chi connectivity index (χ2n) is 4.52. The topological polar surface area (TPSA) is 36.7 Å². The molecule has 2 aromatic rings. The molecule has 1 aliphatic heterocycles. The summed E-state index contributed by atoms with van der Waals surface area (Å²) in [6, 6.07) is 9.70. The predicted octanol–water partition coefficient (Wildman–Crippen LogP) is 3.03. The van der Waals surface area contributed by atoms with Crippen LogP contribution in [-0.2, 0) is 11.3 Å². The molecule has 0 radical (unpaired) electrons. The minimum absolute atomic E-state index is 0.0846. The third kappa shape index (κ3) is 2.26. The van der Waals surface area contributed by atoms with E-state index in [1.165, 1.54) is 0 Å². The van der Waals surface area contributed by atoms with E-state index in [4.69, 9.17) is 4.42 Å². The Labute approximate surface area is 119 Å². The fourth-order valence-corrected chi connectivity index (χ4v) is 2.60. The van der Waals surface area contributed by atoms with Crippen molar-refractivity contribution in [2.24, 2.45) is 0 Å². The molecule has 0 unspecified atom stereocenters. The molecule has 98 valence electrons. The summed E-state index contributed by atoms with van der Waals surface area (Å²) >= 11 is 3.48. The molecule has 3 rings (SSSR count). The Bertz CT molecular complexity index is 610. The minimum Gasteiger partial charge on any atom is -0.467 e. The van der Waals surface area contributed by atoms with Crippen molar-refractivity contribution >= 4 is 33.2 Å². The normalized spacial score (nSPS) is 14.7. The van der Waals surface area contributed by atoms with E-state index < -0.39 is 0 Å². The zero-order valence-corrected chi connectivity index (χ0v) is 12.1. The van der Waals surface area contributed by atoms with Gasteiger partial charge in [-0.25, -0.2) is 0 Å². The van der Waals surface area contributed by atoms with Crippen LogP contribution in [0.2, 0.25) is 0 Å². The van der Waals surface area contributed by atoms with E-state index in [-0.39, 0.29) is 5.91 Å². The second-order valence-corrected chi connectivity index (χ2v) is 5.44. The molecular formula is C14H13BrN2O2. The van der Waals surface area contributed by atoms with Crippen molar-refractivity contribution in [1.29, 1.82) is 0 Å². The number of likely N-dealkylation sites (N-methyl/N-ethyl adjacent to an activating group) is 1. The van der Waals surface area contributed by atoms with Crippen LogP contribution < -0.4 is 9.80 Å². The molecule has 0 aliphatic carbocycles. The number of rotatable bonds is 2. The van der Waals surface area contributed by atoms with E-state index in [2.05, 4.69) is 15.9 Å². The minimum atomic E-state index is 0.0846. The molecule has 0 fully saturated rings. The highest BCUT2D eigenvalue weighted by Gasteiger charge is 2.27. The standard InChI is InChI=1S/C14H13BrN2O2/c1-16-12-5-4-10(15)7-13(12)17(9-14(16)18)8-11-3-2-6-19-11/h2-7H,8-9H2,1H3. The van der Waals surface area contributed by atoms with Gasteiger partial charge in [-0.15, -0.1) is 0 Å². The lowest BCUT2D eigenvalue weighted by atomic mass is 10.1. The van der Waals surface area contributed by atoms with Gasteiger partial charge >= 0.3 is 0 Å². The van der Waals surface area contributed by atoms with Gasteiger partial charge in [-0.2, -0.15) is 0 Å². The van der Waals surface area contributed by atoms with Gasteiger partial charge in [0.1, 0.15) is 5.76 Å². The number of fused-ring (bicyclic) bond motifs is 1. The highest BCUT2D eigenvalue weighted by Crippen LogP contribution is 2.35. The van der Waals surface area contributed by atoms with E-state index >= 15 is 0 Å². The summed E-state index contributed by atoms with van der Waals surface area (Å²) in [7, 11) is 1.80. The van der Waals surface area contributed by atoms with Crippen molar-refractivity contribution in [2.75, 3.05) is 23.4 Å². The number of hydrogen-bond acceptors (Lipinski definition) is 3. The van der Waals surface area contributed by atoms with Crippen LogP contribution in [0.5, 0.6) is 0 Å². The SMILES string of the molecule is CN1C(=O)CN(Cc2ccco2)c2cc(Br)ccc21. The molecule has 19 heavy (non-hydrogen) atoms. The van der Waals surface area contributed by atoms with E-state index in [0.29, 0.717) is 13.1 Å². The molecule has 1 amide bonds. The van der Waals surface area contributed by atoms with E-state index in [1.54, 1.807) is 18.2 Å². The third-order valence-electron chi connectivity index (χ3n) is 3.27. The van der Waals surface area contributed by atoms with E-state index in [9.17, 15) is 4.79 Å². The van der Waals surface area contributed by atoms with Gasteiger partial charge in [-0.3, -0.25) is 4.79 Å². The summed E-state index contributed by atoms with van der Waals surface area (Å²) in [5, 5.41) is 0. The van der Waals surface area contributed by atoms with Crippen LogP contribution in [0.25, 0.3) is 0 Å². The van der Waals surface area contributed by atoms with Gasteiger partial charge in [-0.1, -0.05) is 15.9 Å². The second kappa shape index (κ2) is 4.74. The van der Waals surface area contributed by atoms with Crippen molar-refractivity contribution < 1.29 is 9.21 Å². The lowest BCUT2D eigenvalue weighted by Gasteiger charge is -2.35. The lowest BCUT2D eigenvalue weighted by Crippen LogP contribution is -2.43. The Morgan fingerprint density at radius 1 is 1.32 bits per heavy atom. The monoisotopic (exact) mass is 320 g/mol. The number of hydrogen-bond donors (Lipinski definition) is 0. The zero-order valence-electron chi connectivity index (χ0n) is 10.5. The van der Waals surface area contributed by atoms with Gasteiger partial charge < -0.3 is 14.2 Å². The summed E-state index contributed by atoms with van der Waals surface area (Å²) in [4.78, 5) is 15.7.